The number of hydroxylamine groups is 2. The third-order valence-electron chi connectivity index (χ3n) is 5.67. The van der Waals surface area contributed by atoms with Crippen molar-refractivity contribution in [3.63, 3.8) is 0 Å². The lowest BCUT2D eigenvalue weighted by molar-refractivity contribution is -0.256. The van der Waals surface area contributed by atoms with Crippen molar-refractivity contribution in [3.8, 4) is 0 Å². The van der Waals surface area contributed by atoms with E-state index in [2.05, 4.69) is 10.6 Å². The van der Waals surface area contributed by atoms with Gasteiger partial charge >= 0.3 is 23.8 Å². The van der Waals surface area contributed by atoms with E-state index in [0.29, 0.717) is 10.6 Å². The fourth-order valence-electron chi connectivity index (χ4n) is 3.84. The van der Waals surface area contributed by atoms with Crippen molar-refractivity contribution in [2.45, 2.75) is 37.3 Å². The van der Waals surface area contributed by atoms with Crippen molar-refractivity contribution in [1.82, 2.24) is 15.7 Å². The number of nitrogens with one attached hydrogen (secondary N) is 2. The SMILES string of the molecule is O=C1CCC(C(=O)O)(N2OC[C@H](NC(=O)[C@H](NC(=O)OCc3ccccc3)c3ccccc3)C2=O)O1. The number of ether oxygens (including phenoxy) is 2. The molecule has 36 heavy (non-hydrogen) atoms. The zero-order chi connectivity index (χ0) is 25.7. The topological polar surface area (TPSA) is 161 Å². The molecule has 188 valence electrons. The Labute approximate surface area is 205 Å². The van der Waals surface area contributed by atoms with Crippen LogP contribution < -0.4 is 10.6 Å². The van der Waals surface area contributed by atoms with Gasteiger partial charge in [-0.25, -0.2) is 9.59 Å². The third-order valence-corrected chi connectivity index (χ3v) is 5.67. The Morgan fingerprint density at radius 1 is 1.08 bits per heavy atom. The van der Waals surface area contributed by atoms with Crippen LogP contribution in [0.15, 0.2) is 60.7 Å². The molecule has 3 amide bonds. The number of carbonyl (C=O) groups is 5. The second-order valence-corrected chi connectivity index (χ2v) is 8.10. The lowest BCUT2D eigenvalue weighted by Crippen LogP contribution is -2.57. The number of hydrogen-bond acceptors (Lipinski definition) is 8. The van der Waals surface area contributed by atoms with Crippen molar-refractivity contribution in [3.05, 3.63) is 71.8 Å². The normalized spacial score (nSPS) is 22.0. The van der Waals surface area contributed by atoms with Crippen LogP contribution in [0.4, 0.5) is 4.79 Å². The summed E-state index contributed by atoms with van der Waals surface area (Å²) in [6, 6.07) is 14.7. The molecule has 3 atom stereocenters. The van der Waals surface area contributed by atoms with Gasteiger partial charge in [0.25, 0.3) is 5.91 Å². The molecule has 2 heterocycles. The van der Waals surface area contributed by atoms with E-state index in [9.17, 15) is 29.1 Å². The predicted octanol–water partition coefficient (Wildman–Crippen LogP) is 1.03. The highest BCUT2D eigenvalue weighted by Crippen LogP contribution is 2.34. The standard InChI is InChI=1S/C24H23N3O9/c28-18-11-12-24(36-18,22(31)32)27-21(30)17(14-35-27)25-20(29)19(16-9-5-2-6-10-16)26-23(33)34-13-15-7-3-1-4-8-15/h1-10,17,19H,11-14H2,(H,25,29)(H,26,33)(H,31,32)/t17-,19+,24?/m0/s1. The molecule has 0 saturated carbocycles. The largest absolute Gasteiger partial charge is 0.477 e. The Bertz CT molecular complexity index is 1160. The summed E-state index contributed by atoms with van der Waals surface area (Å²) in [4.78, 5) is 67.1. The molecule has 2 aliphatic rings. The van der Waals surface area contributed by atoms with E-state index in [1.165, 1.54) is 0 Å². The first-order valence-electron chi connectivity index (χ1n) is 11.0. The molecule has 2 saturated heterocycles. The first-order valence-corrected chi connectivity index (χ1v) is 11.0. The fraction of sp³-hybridized carbons (Fsp3) is 0.292. The minimum absolute atomic E-state index is 0.0182. The molecule has 12 nitrogen and oxygen atoms in total. The number of carboxylic acids is 1. The summed E-state index contributed by atoms with van der Waals surface area (Å²) in [5, 5.41) is 15.0. The van der Waals surface area contributed by atoms with E-state index in [1.54, 1.807) is 54.6 Å². The number of amides is 3. The Balaban J connectivity index is 1.44. The number of nitrogens with zero attached hydrogens (tertiary/aromatic N) is 1. The quantitative estimate of drug-likeness (QED) is 0.453. The summed E-state index contributed by atoms with van der Waals surface area (Å²) < 4.78 is 10.1. The Morgan fingerprint density at radius 2 is 1.75 bits per heavy atom. The first-order chi connectivity index (χ1) is 17.3. The highest BCUT2D eigenvalue weighted by molar-refractivity contribution is 5.95. The third kappa shape index (κ3) is 5.13. The van der Waals surface area contributed by atoms with Crippen molar-refractivity contribution in [2.75, 3.05) is 6.61 Å². The molecule has 12 heteroatoms. The smallest absolute Gasteiger partial charge is 0.408 e. The zero-order valence-corrected chi connectivity index (χ0v) is 18.9. The van der Waals surface area contributed by atoms with Crippen LogP contribution in [0.5, 0.6) is 0 Å². The molecule has 0 bridgehead atoms. The number of hydrogen-bond donors (Lipinski definition) is 3. The molecule has 4 rings (SSSR count). The van der Waals surface area contributed by atoms with Crippen LogP contribution in [-0.2, 0) is 40.1 Å². The van der Waals surface area contributed by atoms with Gasteiger partial charge in [-0.05, 0) is 11.1 Å². The Kier molecular flexibility index (Phi) is 7.15. The number of alkyl carbamates (subject to hydrolysis) is 1. The van der Waals surface area contributed by atoms with Gasteiger partial charge in [0.1, 0.15) is 25.3 Å². The number of aliphatic carboxylic acids is 1. The Hall–Kier alpha value is -4.45. The number of carbonyl (C=O) groups excluding carboxylic acids is 4. The molecule has 0 radical (unpaired) electrons. The van der Waals surface area contributed by atoms with Gasteiger partial charge in [0.15, 0.2) is 0 Å². The first kappa shape index (κ1) is 24.7. The van der Waals surface area contributed by atoms with Crippen molar-refractivity contribution in [2.24, 2.45) is 0 Å². The van der Waals surface area contributed by atoms with Gasteiger partial charge in [-0.2, -0.15) is 5.06 Å². The molecule has 0 aromatic heterocycles. The molecular formula is C24H23N3O9. The van der Waals surface area contributed by atoms with Crippen LogP contribution in [0.3, 0.4) is 0 Å². The summed E-state index contributed by atoms with van der Waals surface area (Å²) >= 11 is 0. The van der Waals surface area contributed by atoms with Crippen molar-refractivity contribution >= 4 is 29.8 Å². The van der Waals surface area contributed by atoms with E-state index in [4.69, 9.17) is 14.3 Å². The summed E-state index contributed by atoms with van der Waals surface area (Å²) in [6.07, 6.45) is -1.36. The van der Waals surface area contributed by atoms with Crippen LogP contribution in [0.2, 0.25) is 0 Å². The van der Waals surface area contributed by atoms with Crippen LogP contribution in [0, 0.1) is 0 Å². The number of rotatable bonds is 8. The van der Waals surface area contributed by atoms with Gasteiger partial charge in [-0.3, -0.25) is 19.2 Å². The van der Waals surface area contributed by atoms with E-state index >= 15 is 0 Å². The summed E-state index contributed by atoms with van der Waals surface area (Å²) in [5.41, 5.74) is -1.13. The minimum Gasteiger partial charge on any atom is -0.477 e. The average Bonchev–Trinajstić information content (AvgIpc) is 3.45. The molecule has 1 unspecified atom stereocenters. The lowest BCUT2D eigenvalue weighted by Gasteiger charge is -2.30. The minimum atomic E-state index is -2.30. The van der Waals surface area contributed by atoms with Gasteiger partial charge in [-0.1, -0.05) is 60.7 Å². The zero-order valence-electron chi connectivity index (χ0n) is 18.9. The molecule has 2 fully saturated rings. The maximum absolute atomic E-state index is 13.1. The molecule has 2 aromatic rings. The molecule has 0 aliphatic carbocycles. The van der Waals surface area contributed by atoms with E-state index in [-0.39, 0.29) is 19.4 Å². The van der Waals surface area contributed by atoms with Gasteiger partial charge in [0.05, 0.1) is 6.42 Å². The van der Waals surface area contributed by atoms with Gasteiger partial charge in [-0.15, -0.1) is 0 Å². The number of benzene rings is 2. The van der Waals surface area contributed by atoms with Crippen LogP contribution in [0.1, 0.15) is 30.0 Å². The highest BCUT2D eigenvalue weighted by atomic mass is 16.7. The maximum atomic E-state index is 13.1. The fourth-order valence-corrected chi connectivity index (χ4v) is 3.84. The van der Waals surface area contributed by atoms with Crippen molar-refractivity contribution in [1.29, 1.82) is 0 Å². The van der Waals surface area contributed by atoms with E-state index in [1.807, 2.05) is 6.07 Å². The van der Waals surface area contributed by atoms with Gasteiger partial charge in [0.2, 0.25) is 5.91 Å². The summed E-state index contributed by atoms with van der Waals surface area (Å²) in [6.45, 7) is -0.410. The number of cyclic esters (lactones) is 1. The second-order valence-electron chi connectivity index (χ2n) is 8.10. The molecule has 2 aliphatic heterocycles. The Morgan fingerprint density at radius 3 is 2.36 bits per heavy atom. The molecule has 3 N–H and O–H groups in total. The number of carboxylic acid groups (broad SMARTS) is 1. The molecule has 0 spiro atoms. The monoisotopic (exact) mass is 497 g/mol. The van der Waals surface area contributed by atoms with Gasteiger partial charge in [0, 0.05) is 6.42 Å². The highest BCUT2D eigenvalue weighted by Gasteiger charge is 2.59. The summed E-state index contributed by atoms with van der Waals surface area (Å²) in [7, 11) is 0. The van der Waals surface area contributed by atoms with Crippen molar-refractivity contribution < 1.29 is 43.4 Å². The maximum Gasteiger partial charge on any atom is 0.408 e. The van der Waals surface area contributed by atoms with Crippen LogP contribution >= 0.6 is 0 Å². The van der Waals surface area contributed by atoms with Gasteiger partial charge < -0.3 is 25.2 Å². The number of esters is 1. The van der Waals surface area contributed by atoms with Crippen LogP contribution in [-0.4, -0.2) is 58.4 Å². The summed E-state index contributed by atoms with van der Waals surface area (Å²) in [5.74, 6) is -4.02. The lowest BCUT2D eigenvalue weighted by atomic mass is 10.1. The second kappa shape index (κ2) is 10.4. The van der Waals surface area contributed by atoms with E-state index in [0.717, 1.165) is 5.56 Å². The van der Waals surface area contributed by atoms with Crippen LogP contribution in [0.25, 0.3) is 0 Å². The van der Waals surface area contributed by atoms with E-state index < -0.39 is 54.3 Å². The molecular weight excluding hydrogens is 474 g/mol. The average molecular weight is 497 g/mol. The predicted molar refractivity (Wildman–Crippen MR) is 119 cm³/mol. The molecule has 2 aromatic carbocycles.